The first kappa shape index (κ1) is 8.31. The van der Waals surface area contributed by atoms with E-state index in [1.54, 1.807) is 10.7 Å². The van der Waals surface area contributed by atoms with E-state index in [0.717, 1.165) is 17.3 Å². The summed E-state index contributed by atoms with van der Waals surface area (Å²) < 4.78 is 2.52. The first-order valence-electron chi connectivity index (χ1n) is 4.35. The van der Waals surface area contributed by atoms with Crippen LogP contribution in [0, 0.1) is 0 Å². The maximum absolute atomic E-state index is 5.99. The van der Waals surface area contributed by atoms with Gasteiger partial charge in [0, 0.05) is 12.4 Å². The predicted molar refractivity (Wildman–Crippen MR) is 53.6 cm³/mol. The van der Waals surface area contributed by atoms with Gasteiger partial charge < -0.3 is 5.73 Å². The van der Waals surface area contributed by atoms with Crippen LogP contribution in [-0.2, 0) is 5.54 Å². The molecule has 5 nitrogen and oxygen atoms in total. The number of aromatic nitrogens is 4. The van der Waals surface area contributed by atoms with Gasteiger partial charge in [-0.1, -0.05) is 0 Å². The molecule has 14 heavy (non-hydrogen) atoms. The molecule has 0 aromatic carbocycles. The molecule has 0 atom stereocenters. The van der Waals surface area contributed by atoms with E-state index in [4.69, 9.17) is 5.73 Å². The Bertz CT molecular complexity index is 501. The summed E-state index contributed by atoms with van der Waals surface area (Å²) in [5.74, 6) is 1.29. The standard InChI is InChI=1S/C8H8BrN5/c9-5-3-11-7-12-6(8(10)1-2-8)13-14(7)4-5/h3-4H,1-2,10H2. The molecule has 0 aliphatic heterocycles. The Morgan fingerprint density at radius 3 is 3.00 bits per heavy atom. The average Bonchev–Trinajstić information content (AvgIpc) is 2.77. The highest BCUT2D eigenvalue weighted by atomic mass is 79.9. The van der Waals surface area contributed by atoms with Crippen molar-refractivity contribution in [2.24, 2.45) is 5.73 Å². The molecular weight excluding hydrogens is 246 g/mol. The quantitative estimate of drug-likeness (QED) is 0.818. The summed E-state index contributed by atoms with van der Waals surface area (Å²) >= 11 is 3.33. The topological polar surface area (TPSA) is 69.1 Å². The fraction of sp³-hybridized carbons (Fsp3) is 0.375. The minimum absolute atomic E-state index is 0.291. The summed E-state index contributed by atoms with van der Waals surface area (Å²) in [5, 5.41) is 4.30. The molecule has 1 aliphatic rings. The summed E-state index contributed by atoms with van der Waals surface area (Å²) in [6.45, 7) is 0. The molecule has 1 fully saturated rings. The van der Waals surface area contributed by atoms with Gasteiger partial charge in [-0.25, -0.2) is 9.50 Å². The molecule has 2 aromatic heterocycles. The highest BCUT2D eigenvalue weighted by Gasteiger charge is 2.44. The molecule has 2 heterocycles. The van der Waals surface area contributed by atoms with Crippen molar-refractivity contribution in [2.45, 2.75) is 18.4 Å². The minimum atomic E-state index is -0.291. The lowest BCUT2D eigenvalue weighted by Gasteiger charge is -1.98. The summed E-state index contributed by atoms with van der Waals surface area (Å²) in [4.78, 5) is 8.41. The van der Waals surface area contributed by atoms with Crippen molar-refractivity contribution in [2.75, 3.05) is 0 Å². The van der Waals surface area contributed by atoms with E-state index in [-0.39, 0.29) is 5.54 Å². The molecule has 0 unspecified atom stereocenters. The van der Waals surface area contributed by atoms with E-state index in [1.807, 2.05) is 6.20 Å². The number of hydrogen-bond acceptors (Lipinski definition) is 4. The zero-order chi connectivity index (χ0) is 9.76. The predicted octanol–water partition coefficient (Wildman–Crippen LogP) is 0.835. The fourth-order valence-electron chi connectivity index (χ4n) is 1.33. The van der Waals surface area contributed by atoms with E-state index in [1.165, 1.54) is 0 Å². The second-order valence-electron chi connectivity index (χ2n) is 3.61. The van der Waals surface area contributed by atoms with Crippen LogP contribution >= 0.6 is 15.9 Å². The second kappa shape index (κ2) is 2.52. The molecule has 72 valence electrons. The van der Waals surface area contributed by atoms with Gasteiger partial charge in [0.05, 0.1) is 10.0 Å². The van der Waals surface area contributed by atoms with Gasteiger partial charge in [0.1, 0.15) is 0 Å². The van der Waals surface area contributed by atoms with Crippen molar-refractivity contribution in [3.05, 3.63) is 22.7 Å². The van der Waals surface area contributed by atoms with Crippen LogP contribution < -0.4 is 5.73 Å². The molecule has 0 radical (unpaired) electrons. The van der Waals surface area contributed by atoms with Crippen LogP contribution in [0.4, 0.5) is 0 Å². The SMILES string of the molecule is NC1(c2nc3ncc(Br)cn3n2)CC1. The summed E-state index contributed by atoms with van der Waals surface area (Å²) in [5.41, 5.74) is 5.70. The third-order valence-corrected chi connectivity index (χ3v) is 2.81. The van der Waals surface area contributed by atoms with Crippen molar-refractivity contribution >= 4 is 21.7 Å². The second-order valence-corrected chi connectivity index (χ2v) is 4.52. The maximum atomic E-state index is 5.99. The Kier molecular flexibility index (Phi) is 1.49. The van der Waals surface area contributed by atoms with E-state index >= 15 is 0 Å². The van der Waals surface area contributed by atoms with Gasteiger partial charge in [-0.2, -0.15) is 4.98 Å². The van der Waals surface area contributed by atoms with E-state index < -0.39 is 0 Å². The van der Waals surface area contributed by atoms with Crippen LogP contribution in [0.3, 0.4) is 0 Å². The number of halogens is 1. The first-order valence-corrected chi connectivity index (χ1v) is 5.14. The zero-order valence-electron chi connectivity index (χ0n) is 7.31. The Balaban J connectivity index is 2.20. The molecule has 1 aliphatic carbocycles. The highest BCUT2D eigenvalue weighted by molar-refractivity contribution is 9.10. The van der Waals surface area contributed by atoms with Crippen LogP contribution in [0.5, 0.6) is 0 Å². The van der Waals surface area contributed by atoms with Gasteiger partial charge in [-0.05, 0) is 28.8 Å². The van der Waals surface area contributed by atoms with Crippen molar-refractivity contribution in [3.63, 3.8) is 0 Å². The number of hydrogen-bond donors (Lipinski definition) is 1. The van der Waals surface area contributed by atoms with Crippen LogP contribution in [0.2, 0.25) is 0 Å². The van der Waals surface area contributed by atoms with Crippen molar-refractivity contribution in [3.8, 4) is 0 Å². The van der Waals surface area contributed by atoms with E-state index in [9.17, 15) is 0 Å². The van der Waals surface area contributed by atoms with Crippen molar-refractivity contribution in [1.82, 2.24) is 19.6 Å². The number of nitrogens with zero attached hydrogens (tertiary/aromatic N) is 4. The third-order valence-electron chi connectivity index (χ3n) is 2.40. The summed E-state index contributed by atoms with van der Waals surface area (Å²) in [7, 11) is 0. The Hall–Kier alpha value is -1.01. The first-order chi connectivity index (χ1) is 6.67. The molecule has 0 amide bonds. The lowest BCUT2D eigenvalue weighted by Crippen LogP contribution is -2.20. The van der Waals surface area contributed by atoms with Gasteiger partial charge in [0.25, 0.3) is 5.78 Å². The van der Waals surface area contributed by atoms with Gasteiger partial charge in [-0.3, -0.25) is 0 Å². The monoisotopic (exact) mass is 253 g/mol. The van der Waals surface area contributed by atoms with Gasteiger partial charge >= 0.3 is 0 Å². The van der Waals surface area contributed by atoms with Crippen LogP contribution in [0.15, 0.2) is 16.9 Å². The van der Waals surface area contributed by atoms with Gasteiger partial charge in [0.15, 0.2) is 5.82 Å². The lowest BCUT2D eigenvalue weighted by molar-refractivity contribution is 0.669. The van der Waals surface area contributed by atoms with Crippen molar-refractivity contribution in [1.29, 1.82) is 0 Å². The maximum Gasteiger partial charge on any atom is 0.252 e. The van der Waals surface area contributed by atoms with Crippen LogP contribution in [0.25, 0.3) is 5.78 Å². The molecule has 0 saturated heterocycles. The molecular formula is C8H8BrN5. The smallest absolute Gasteiger partial charge is 0.252 e. The Labute approximate surface area is 88.5 Å². The lowest BCUT2D eigenvalue weighted by atomic mass is 10.3. The number of nitrogens with two attached hydrogens (primary N) is 1. The average molecular weight is 254 g/mol. The zero-order valence-corrected chi connectivity index (χ0v) is 8.90. The van der Waals surface area contributed by atoms with E-state index in [2.05, 4.69) is 31.0 Å². The molecule has 3 rings (SSSR count). The Morgan fingerprint density at radius 1 is 1.50 bits per heavy atom. The van der Waals surface area contributed by atoms with Gasteiger partial charge in [-0.15, -0.1) is 5.10 Å². The third kappa shape index (κ3) is 1.14. The minimum Gasteiger partial charge on any atom is -0.319 e. The molecule has 1 saturated carbocycles. The summed E-state index contributed by atoms with van der Waals surface area (Å²) in [6, 6.07) is 0. The van der Waals surface area contributed by atoms with Crippen LogP contribution in [-0.4, -0.2) is 19.6 Å². The Morgan fingerprint density at radius 2 is 2.29 bits per heavy atom. The fourth-order valence-corrected chi connectivity index (χ4v) is 1.62. The number of rotatable bonds is 1. The van der Waals surface area contributed by atoms with E-state index in [0.29, 0.717) is 11.6 Å². The largest absolute Gasteiger partial charge is 0.319 e. The molecule has 2 aromatic rings. The molecule has 0 bridgehead atoms. The van der Waals surface area contributed by atoms with Crippen molar-refractivity contribution < 1.29 is 0 Å². The number of fused-ring (bicyclic) bond motifs is 1. The molecule has 6 heteroatoms. The van der Waals surface area contributed by atoms with Gasteiger partial charge in [0.2, 0.25) is 0 Å². The molecule has 0 spiro atoms. The normalized spacial score (nSPS) is 18.7. The molecule has 2 N–H and O–H groups in total. The summed E-state index contributed by atoms with van der Waals surface area (Å²) in [6.07, 6.45) is 5.45. The highest BCUT2D eigenvalue weighted by Crippen LogP contribution is 2.40. The van der Waals surface area contributed by atoms with Crippen LogP contribution in [0.1, 0.15) is 18.7 Å².